The SMILES string of the molecule is COc1ccc(NC(=O)CN2C(=O)/C(=C3\SC(=S)N(Cc4ccco4)C3=O)c3ccccc32)cc1. The number of carbonyl (C=O) groups is 3. The molecule has 10 heteroatoms. The minimum atomic E-state index is -0.422. The van der Waals surface area contributed by atoms with Gasteiger partial charge in [-0.05, 0) is 42.5 Å². The Kier molecular flexibility index (Phi) is 6.14. The molecular weight excluding hydrogens is 486 g/mol. The highest BCUT2D eigenvalue weighted by Crippen LogP contribution is 2.44. The molecule has 2 aliphatic heterocycles. The lowest BCUT2D eigenvalue weighted by molar-refractivity contribution is -0.123. The quantitative estimate of drug-likeness (QED) is 0.399. The summed E-state index contributed by atoms with van der Waals surface area (Å²) >= 11 is 6.51. The van der Waals surface area contributed by atoms with E-state index in [0.29, 0.717) is 32.8 Å². The number of para-hydroxylation sites is 1. The third-order valence-electron chi connectivity index (χ3n) is 5.57. The lowest BCUT2D eigenvalue weighted by Crippen LogP contribution is -2.35. The van der Waals surface area contributed by atoms with E-state index in [0.717, 1.165) is 11.8 Å². The zero-order chi connectivity index (χ0) is 24.5. The van der Waals surface area contributed by atoms with Crippen LogP contribution in [0.3, 0.4) is 0 Å². The number of fused-ring (bicyclic) bond motifs is 1. The second kappa shape index (κ2) is 9.40. The van der Waals surface area contributed by atoms with Crippen molar-refractivity contribution in [2.24, 2.45) is 0 Å². The lowest BCUT2D eigenvalue weighted by Gasteiger charge is -2.17. The van der Waals surface area contributed by atoms with E-state index >= 15 is 0 Å². The maximum atomic E-state index is 13.5. The third kappa shape index (κ3) is 4.33. The van der Waals surface area contributed by atoms with Crippen LogP contribution < -0.4 is 15.0 Å². The standard InChI is InChI=1S/C25H19N3O5S2/c1-32-16-10-8-15(9-11-16)26-20(29)14-27-19-7-3-2-6-18(19)21(23(27)30)22-24(31)28(25(34)35-22)13-17-5-4-12-33-17/h2-12H,13-14H2,1H3,(H,26,29)/b22-21-. The molecule has 2 aromatic carbocycles. The van der Waals surface area contributed by atoms with Crippen molar-refractivity contribution in [2.75, 3.05) is 23.9 Å². The van der Waals surface area contributed by atoms with Gasteiger partial charge in [0, 0.05) is 11.3 Å². The first-order valence-electron chi connectivity index (χ1n) is 10.6. The van der Waals surface area contributed by atoms with E-state index in [1.54, 1.807) is 67.8 Å². The summed E-state index contributed by atoms with van der Waals surface area (Å²) in [4.78, 5) is 42.6. The Balaban J connectivity index is 1.41. The largest absolute Gasteiger partial charge is 0.497 e. The van der Waals surface area contributed by atoms with Crippen LogP contribution in [0.1, 0.15) is 11.3 Å². The Bertz CT molecular complexity index is 1370. The van der Waals surface area contributed by atoms with Gasteiger partial charge in [-0.3, -0.25) is 24.2 Å². The summed E-state index contributed by atoms with van der Waals surface area (Å²) in [6, 6.07) is 17.5. The van der Waals surface area contributed by atoms with E-state index in [1.165, 1.54) is 16.1 Å². The average molecular weight is 506 g/mol. The fourth-order valence-electron chi connectivity index (χ4n) is 3.92. The number of ether oxygens (including phenoxy) is 1. The monoisotopic (exact) mass is 505 g/mol. The minimum absolute atomic E-state index is 0.179. The maximum absolute atomic E-state index is 13.5. The van der Waals surface area contributed by atoms with Crippen LogP contribution in [0.5, 0.6) is 5.75 Å². The number of amides is 3. The van der Waals surface area contributed by atoms with Gasteiger partial charge in [0.25, 0.3) is 11.8 Å². The molecule has 0 radical (unpaired) electrons. The van der Waals surface area contributed by atoms with E-state index in [4.69, 9.17) is 21.4 Å². The van der Waals surface area contributed by atoms with Crippen LogP contribution in [0.25, 0.3) is 5.57 Å². The molecule has 0 spiro atoms. The van der Waals surface area contributed by atoms with Crippen molar-refractivity contribution in [1.82, 2.24) is 4.90 Å². The number of furan rings is 1. The van der Waals surface area contributed by atoms with Crippen LogP contribution in [0.2, 0.25) is 0 Å². The molecule has 0 aliphatic carbocycles. The predicted molar refractivity (Wildman–Crippen MR) is 137 cm³/mol. The third-order valence-corrected chi connectivity index (χ3v) is 7.02. The number of hydrogen-bond donors (Lipinski definition) is 1. The molecule has 3 heterocycles. The summed E-state index contributed by atoms with van der Waals surface area (Å²) in [6.45, 7) is -0.0314. The molecule has 0 saturated carbocycles. The number of thiocarbonyl (C=S) groups is 1. The number of rotatable bonds is 6. The maximum Gasteiger partial charge on any atom is 0.267 e. The predicted octanol–water partition coefficient (Wildman–Crippen LogP) is 4.05. The van der Waals surface area contributed by atoms with Crippen molar-refractivity contribution >= 4 is 63.0 Å². The number of carbonyl (C=O) groups excluding carboxylic acids is 3. The summed E-state index contributed by atoms with van der Waals surface area (Å²) in [7, 11) is 1.56. The molecule has 176 valence electrons. The highest BCUT2D eigenvalue weighted by atomic mass is 32.2. The van der Waals surface area contributed by atoms with Crippen LogP contribution in [-0.4, -0.2) is 40.6 Å². The molecule has 0 unspecified atom stereocenters. The fraction of sp³-hybridized carbons (Fsp3) is 0.120. The van der Waals surface area contributed by atoms with Crippen molar-refractivity contribution in [3.63, 3.8) is 0 Å². The van der Waals surface area contributed by atoms with Gasteiger partial charge in [0.15, 0.2) is 0 Å². The van der Waals surface area contributed by atoms with Crippen LogP contribution in [0, 0.1) is 0 Å². The molecule has 5 rings (SSSR count). The summed E-state index contributed by atoms with van der Waals surface area (Å²) in [5.41, 5.74) is 1.98. The van der Waals surface area contributed by atoms with E-state index in [9.17, 15) is 14.4 Å². The molecule has 3 amide bonds. The molecule has 1 aromatic heterocycles. The molecule has 1 fully saturated rings. The van der Waals surface area contributed by atoms with Gasteiger partial charge in [-0.15, -0.1) is 0 Å². The first-order chi connectivity index (χ1) is 17.0. The normalized spacial score (nSPS) is 17.2. The number of benzene rings is 2. The first kappa shape index (κ1) is 22.9. The van der Waals surface area contributed by atoms with Crippen LogP contribution >= 0.6 is 24.0 Å². The lowest BCUT2D eigenvalue weighted by atomic mass is 10.1. The molecule has 1 saturated heterocycles. The Hall–Kier alpha value is -3.89. The molecular formula is C25H19N3O5S2. The minimum Gasteiger partial charge on any atom is -0.497 e. The van der Waals surface area contributed by atoms with Gasteiger partial charge < -0.3 is 14.5 Å². The number of nitrogens with zero attached hydrogens (tertiary/aromatic N) is 2. The van der Waals surface area contributed by atoms with Crippen molar-refractivity contribution < 1.29 is 23.5 Å². The van der Waals surface area contributed by atoms with Crippen LogP contribution in [0.4, 0.5) is 11.4 Å². The average Bonchev–Trinajstić information content (AvgIpc) is 3.54. The number of methoxy groups -OCH3 is 1. The molecule has 2 aliphatic rings. The molecule has 35 heavy (non-hydrogen) atoms. The van der Waals surface area contributed by atoms with Gasteiger partial charge in [0.05, 0.1) is 36.1 Å². The number of anilines is 2. The Morgan fingerprint density at radius 2 is 1.80 bits per heavy atom. The highest BCUT2D eigenvalue weighted by molar-refractivity contribution is 8.26. The fourth-order valence-corrected chi connectivity index (χ4v) is 5.25. The number of thioether (sulfide) groups is 1. The van der Waals surface area contributed by atoms with Crippen molar-refractivity contribution in [2.45, 2.75) is 6.54 Å². The zero-order valence-electron chi connectivity index (χ0n) is 18.5. The molecule has 1 N–H and O–H groups in total. The Labute approximate surface area is 210 Å². The highest BCUT2D eigenvalue weighted by Gasteiger charge is 2.42. The second-order valence-electron chi connectivity index (χ2n) is 7.73. The van der Waals surface area contributed by atoms with Crippen LogP contribution in [0.15, 0.2) is 76.2 Å². The van der Waals surface area contributed by atoms with Gasteiger partial charge in [0.2, 0.25) is 5.91 Å². The topological polar surface area (TPSA) is 92.1 Å². The van der Waals surface area contributed by atoms with Gasteiger partial charge in [-0.2, -0.15) is 0 Å². The van der Waals surface area contributed by atoms with Crippen molar-refractivity contribution in [3.8, 4) is 5.75 Å². The smallest absolute Gasteiger partial charge is 0.267 e. The zero-order valence-corrected chi connectivity index (χ0v) is 20.2. The second-order valence-corrected chi connectivity index (χ2v) is 9.37. The number of hydrogen-bond acceptors (Lipinski definition) is 7. The summed E-state index contributed by atoms with van der Waals surface area (Å²) in [6.07, 6.45) is 1.52. The summed E-state index contributed by atoms with van der Waals surface area (Å²) < 4.78 is 10.8. The van der Waals surface area contributed by atoms with Gasteiger partial charge in [-0.1, -0.05) is 42.2 Å². The van der Waals surface area contributed by atoms with Gasteiger partial charge in [-0.25, -0.2) is 0 Å². The van der Waals surface area contributed by atoms with Gasteiger partial charge in [0.1, 0.15) is 22.4 Å². The summed E-state index contributed by atoms with van der Waals surface area (Å²) in [5, 5.41) is 2.79. The summed E-state index contributed by atoms with van der Waals surface area (Å²) in [5.74, 6) is 0.0989. The first-order valence-corrected chi connectivity index (χ1v) is 11.8. The number of nitrogens with one attached hydrogen (secondary N) is 1. The molecule has 3 aromatic rings. The Morgan fingerprint density at radius 1 is 1.03 bits per heavy atom. The van der Waals surface area contributed by atoms with Crippen LogP contribution in [-0.2, 0) is 20.9 Å². The Morgan fingerprint density at radius 3 is 2.51 bits per heavy atom. The van der Waals surface area contributed by atoms with E-state index in [1.807, 2.05) is 0 Å². The molecule has 8 nitrogen and oxygen atoms in total. The van der Waals surface area contributed by atoms with E-state index < -0.39 is 5.91 Å². The van der Waals surface area contributed by atoms with Crippen molar-refractivity contribution in [3.05, 3.63) is 83.2 Å². The molecule has 0 atom stereocenters. The van der Waals surface area contributed by atoms with E-state index in [2.05, 4.69) is 5.32 Å². The van der Waals surface area contributed by atoms with E-state index in [-0.39, 0.29) is 35.4 Å². The van der Waals surface area contributed by atoms with Crippen molar-refractivity contribution in [1.29, 1.82) is 0 Å². The molecule has 0 bridgehead atoms. The van der Waals surface area contributed by atoms with Gasteiger partial charge >= 0.3 is 0 Å².